The van der Waals surface area contributed by atoms with E-state index in [1.807, 2.05) is 26.0 Å². The van der Waals surface area contributed by atoms with Crippen molar-refractivity contribution in [3.63, 3.8) is 0 Å². The number of hydrogen-bond donors (Lipinski definition) is 5. The predicted octanol–water partition coefficient (Wildman–Crippen LogP) is 0.614. The van der Waals surface area contributed by atoms with Gasteiger partial charge >= 0.3 is 0 Å². The minimum atomic E-state index is -0.699. The summed E-state index contributed by atoms with van der Waals surface area (Å²) >= 11 is 0. The van der Waals surface area contributed by atoms with Crippen LogP contribution >= 0.6 is 0 Å². The molecule has 0 bridgehead atoms. The molecule has 178 valence electrons. The van der Waals surface area contributed by atoms with Crippen LogP contribution in [-0.2, 0) is 32.0 Å². The molecule has 1 unspecified atom stereocenters. The van der Waals surface area contributed by atoms with Gasteiger partial charge in [-0.2, -0.15) is 0 Å². The van der Waals surface area contributed by atoms with Crippen LogP contribution in [-0.4, -0.2) is 60.5 Å². The fraction of sp³-hybridized carbons (Fsp3) is 0.565. The molecule has 32 heavy (non-hydrogen) atoms. The average molecular weight is 449 g/mol. The molecule has 1 aromatic rings. The highest BCUT2D eigenvalue weighted by molar-refractivity contribution is 5.93. The first-order valence-corrected chi connectivity index (χ1v) is 10.9. The first-order chi connectivity index (χ1) is 15.1. The summed E-state index contributed by atoms with van der Waals surface area (Å²) in [6.07, 6.45) is 2.62. The normalized spacial score (nSPS) is 17.5. The molecular formula is C23H36N4O5. The van der Waals surface area contributed by atoms with Crippen LogP contribution in [0.25, 0.3) is 0 Å². The van der Waals surface area contributed by atoms with Gasteiger partial charge in [-0.1, -0.05) is 38.1 Å². The molecule has 0 radical (unpaired) electrons. The van der Waals surface area contributed by atoms with E-state index < -0.39 is 18.1 Å². The fourth-order valence-electron chi connectivity index (χ4n) is 3.46. The lowest BCUT2D eigenvalue weighted by atomic mass is 9.88. The van der Waals surface area contributed by atoms with Crippen LogP contribution in [0.15, 0.2) is 24.3 Å². The van der Waals surface area contributed by atoms with Crippen molar-refractivity contribution in [1.29, 1.82) is 0 Å². The van der Waals surface area contributed by atoms with Crippen molar-refractivity contribution in [3.8, 4) is 0 Å². The molecule has 5 N–H and O–H groups in total. The molecule has 0 spiro atoms. The Morgan fingerprint density at radius 1 is 0.969 bits per heavy atom. The van der Waals surface area contributed by atoms with Gasteiger partial charge < -0.3 is 26.4 Å². The molecule has 0 fully saturated rings. The maximum absolute atomic E-state index is 12.7. The van der Waals surface area contributed by atoms with Gasteiger partial charge in [0.1, 0.15) is 12.1 Å². The average Bonchev–Trinajstić information content (AvgIpc) is 2.76. The first kappa shape index (κ1) is 27.1. The SMILES string of the molecule is CN[C@@H](C)C(=O)N[C@H](C(=O)N[C@@H](C)C(=O)NC1CCc2ccccc2C1)C(C)C.O=CO. The van der Waals surface area contributed by atoms with Gasteiger partial charge in [-0.05, 0) is 57.2 Å². The molecule has 0 saturated carbocycles. The van der Waals surface area contributed by atoms with Crippen molar-refractivity contribution in [3.05, 3.63) is 35.4 Å². The Balaban J connectivity index is 0.00000161. The van der Waals surface area contributed by atoms with Crippen LogP contribution in [0.2, 0.25) is 0 Å². The monoisotopic (exact) mass is 448 g/mol. The first-order valence-electron chi connectivity index (χ1n) is 10.9. The number of nitrogens with one attached hydrogen (secondary N) is 4. The van der Waals surface area contributed by atoms with Crippen molar-refractivity contribution < 1.29 is 24.3 Å². The summed E-state index contributed by atoms with van der Waals surface area (Å²) in [5, 5.41) is 18.3. The Bertz CT molecular complexity index is 783. The third-order valence-electron chi connectivity index (χ3n) is 5.52. The van der Waals surface area contributed by atoms with Crippen LogP contribution in [0.5, 0.6) is 0 Å². The molecule has 1 aliphatic rings. The zero-order valence-electron chi connectivity index (χ0n) is 19.5. The molecule has 9 nitrogen and oxygen atoms in total. The Hall–Kier alpha value is -2.94. The maximum Gasteiger partial charge on any atom is 0.290 e. The van der Waals surface area contributed by atoms with Crippen molar-refractivity contribution in [2.45, 2.75) is 71.1 Å². The lowest BCUT2D eigenvalue weighted by molar-refractivity contribution is -0.133. The molecule has 0 aliphatic heterocycles. The highest BCUT2D eigenvalue weighted by Gasteiger charge is 2.29. The van der Waals surface area contributed by atoms with Gasteiger partial charge in [-0.3, -0.25) is 19.2 Å². The number of carbonyl (C=O) groups is 4. The topological polar surface area (TPSA) is 137 Å². The zero-order chi connectivity index (χ0) is 24.3. The lowest BCUT2D eigenvalue weighted by Gasteiger charge is -2.28. The van der Waals surface area contributed by atoms with Gasteiger partial charge in [0, 0.05) is 6.04 Å². The van der Waals surface area contributed by atoms with Gasteiger partial charge in [0.05, 0.1) is 6.04 Å². The number of carbonyl (C=O) groups excluding carboxylic acids is 3. The van der Waals surface area contributed by atoms with Gasteiger partial charge in [-0.25, -0.2) is 0 Å². The second-order valence-electron chi connectivity index (χ2n) is 8.29. The Morgan fingerprint density at radius 2 is 1.56 bits per heavy atom. The summed E-state index contributed by atoms with van der Waals surface area (Å²) in [7, 11) is 1.69. The van der Waals surface area contributed by atoms with Gasteiger partial charge in [-0.15, -0.1) is 0 Å². The zero-order valence-corrected chi connectivity index (χ0v) is 19.5. The predicted molar refractivity (Wildman–Crippen MR) is 122 cm³/mol. The molecular weight excluding hydrogens is 412 g/mol. The van der Waals surface area contributed by atoms with Crippen molar-refractivity contribution in [2.24, 2.45) is 5.92 Å². The molecule has 0 saturated heterocycles. The fourth-order valence-corrected chi connectivity index (χ4v) is 3.46. The minimum absolute atomic E-state index is 0.0637. The van der Waals surface area contributed by atoms with Crippen molar-refractivity contribution in [2.75, 3.05) is 7.05 Å². The molecule has 0 heterocycles. The van der Waals surface area contributed by atoms with Gasteiger partial charge in [0.2, 0.25) is 17.7 Å². The summed E-state index contributed by atoms with van der Waals surface area (Å²) in [4.78, 5) is 45.8. The number of aryl methyl sites for hydroxylation is 1. The van der Waals surface area contributed by atoms with Crippen LogP contribution in [0, 0.1) is 5.92 Å². The Kier molecular flexibility index (Phi) is 11.4. The van der Waals surface area contributed by atoms with E-state index in [0.29, 0.717) is 0 Å². The van der Waals surface area contributed by atoms with Crippen LogP contribution in [0.4, 0.5) is 0 Å². The number of benzene rings is 1. The summed E-state index contributed by atoms with van der Waals surface area (Å²) < 4.78 is 0. The maximum atomic E-state index is 12.7. The number of rotatable bonds is 8. The smallest absolute Gasteiger partial charge is 0.290 e. The number of amides is 3. The number of likely N-dealkylation sites (N-methyl/N-ethyl adjacent to an activating group) is 1. The van der Waals surface area contributed by atoms with Gasteiger partial charge in [0.15, 0.2) is 0 Å². The van der Waals surface area contributed by atoms with E-state index >= 15 is 0 Å². The second kappa shape index (κ2) is 13.5. The Labute approximate surface area is 189 Å². The van der Waals surface area contributed by atoms with Crippen LogP contribution < -0.4 is 21.3 Å². The lowest BCUT2D eigenvalue weighted by Crippen LogP contribution is -2.57. The van der Waals surface area contributed by atoms with Crippen LogP contribution in [0.3, 0.4) is 0 Å². The molecule has 9 heteroatoms. The highest BCUT2D eigenvalue weighted by atomic mass is 16.3. The largest absolute Gasteiger partial charge is 0.483 e. The third kappa shape index (κ3) is 8.30. The van der Waals surface area contributed by atoms with E-state index in [4.69, 9.17) is 9.90 Å². The van der Waals surface area contributed by atoms with E-state index in [9.17, 15) is 14.4 Å². The summed E-state index contributed by atoms with van der Waals surface area (Å²) in [5.41, 5.74) is 2.60. The quantitative estimate of drug-likeness (QED) is 0.370. The summed E-state index contributed by atoms with van der Waals surface area (Å²) in [5.74, 6) is -0.916. The van der Waals surface area contributed by atoms with Gasteiger partial charge in [0.25, 0.3) is 6.47 Å². The van der Waals surface area contributed by atoms with Crippen LogP contribution in [0.1, 0.15) is 45.2 Å². The van der Waals surface area contributed by atoms with Crippen molar-refractivity contribution >= 4 is 24.2 Å². The van der Waals surface area contributed by atoms with E-state index in [2.05, 4.69) is 33.4 Å². The van der Waals surface area contributed by atoms with E-state index in [-0.39, 0.29) is 36.2 Å². The van der Waals surface area contributed by atoms with E-state index in [1.54, 1.807) is 20.9 Å². The minimum Gasteiger partial charge on any atom is -0.483 e. The van der Waals surface area contributed by atoms with E-state index in [1.165, 1.54) is 11.1 Å². The van der Waals surface area contributed by atoms with E-state index in [0.717, 1.165) is 19.3 Å². The Morgan fingerprint density at radius 3 is 2.12 bits per heavy atom. The summed E-state index contributed by atoms with van der Waals surface area (Å²) in [6, 6.07) is 6.56. The van der Waals surface area contributed by atoms with Crippen molar-refractivity contribution in [1.82, 2.24) is 21.3 Å². The molecule has 1 aliphatic carbocycles. The molecule has 0 aromatic heterocycles. The molecule has 3 amide bonds. The molecule has 1 aromatic carbocycles. The number of fused-ring (bicyclic) bond motifs is 1. The second-order valence-corrected chi connectivity index (χ2v) is 8.29. The number of carboxylic acid groups (broad SMARTS) is 1. The standard InChI is InChI=1S/C22H34N4O3.CH2O2/c1-13(2)19(26-20(27)14(3)23-5)22(29)24-15(4)21(28)25-18-11-10-16-8-6-7-9-17(16)12-18;2-1-3/h6-9,13-15,18-19,23H,10-12H2,1-5H3,(H,24,29)(H,25,28)(H,26,27);1H,(H,2,3)/t14-,15-,18?,19-;/m0./s1. The third-order valence-corrected chi connectivity index (χ3v) is 5.52. The highest BCUT2D eigenvalue weighted by Crippen LogP contribution is 2.21. The molecule has 4 atom stereocenters. The molecule has 2 rings (SSSR count). The number of hydrogen-bond acceptors (Lipinski definition) is 5. The summed E-state index contributed by atoms with van der Waals surface area (Å²) in [6.45, 7) is 6.86.